The first-order chi connectivity index (χ1) is 16.1. The van der Waals surface area contributed by atoms with Gasteiger partial charge in [0.25, 0.3) is 5.91 Å². The summed E-state index contributed by atoms with van der Waals surface area (Å²) >= 11 is 0. The summed E-state index contributed by atoms with van der Waals surface area (Å²) in [6.07, 6.45) is 4.81. The number of carbonyl (C=O) groups excluding carboxylic acids is 1. The van der Waals surface area contributed by atoms with Gasteiger partial charge in [0.2, 0.25) is 0 Å². The highest BCUT2D eigenvalue weighted by Crippen LogP contribution is 2.40. The number of ether oxygens (including phenoxy) is 2. The van der Waals surface area contributed by atoms with E-state index >= 15 is 0 Å². The molecular weight excluding hydrogens is 477 g/mol. The quantitative estimate of drug-likeness (QED) is 0.652. The number of rotatable bonds is 2. The van der Waals surface area contributed by atoms with Crippen LogP contribution in [0.2, 0.25) is 0 Å². The van der Waals surface area contributed by atoms with Crippen molar-refractivity contribution in [3.8, 4) is 5.75 Å². The van der Waals surface area contributed by atoms with Crippen molar-refractivity contribution >= 4 is 26.8 Å². The van der Waals surface area contributed by atoms with Crippen molar-refractivity contribution in [3.05, 3.63) is 23.9 Å². The van der Waals surface area contributed by atoms with Crippen molar-refractivity contribution in [2.24, 2.45) is 0 Å². The normalized spacial score (nSPS) is 28.6. The number of hydrogen-bond acceptors (Lipinski definition) is 6. The van der Waals surface area contributed by atoms with Gasteiger partial charge >= 0.3 is 15.5 Å². The van der Waals surface area contributed by atoms with E-state index in [2.05, 4.69) is 10.2 Å². The highest BCUT2D eigenvalue weighted by molar-refractivity contribution is 7.90. The number of aromatic amines is 1. The van der Waals surface area contributed by atoms with Gasteiger partial charge in [-0.1, -0.05) is 0 Å². The molecule has 13 heteroatoms. The van der Waals surface area contributed by atoms with Crippen LogP contribution in [0.1, 0.15) is 43.6 Å². The fraction of sp³-hybridized carbons (Fsp3) is 0.619. The Balaban J connectivity index is 1.43. The number of H-pyrrole nitrogens is 1. The van der Waals surface area contributed by atoms with E-state index in [4.69, 9.17) is 9.47 Å². The summed E-state index contributed by atoms with van der Waals surface area (Å²) in [5.41, 5.74) is -3.67. The molecular formula is C21H25F3N4O5S. The maximum absolute atomic E-state index is 13.0. The second kappa shape index (κ2) is 8.68. The topological polar surface area (TPSA) is 114 Å². The molecule has 4 aliphatic rings. The molecule has 2 bridgehead atoms. The van der Waals surface area contributed by atoms with Gasteiger partial charge in [-0.2, -0.15) is 18.3 Å². The van der Waals surface area contributed by atoms with Gasteiger partial charge in [0.05, 0.1) is 30.5 Å². The lowest BCUT2D eigenvalue weighted by Crippen LogP contribution is -2.52. The van der Waals surface area contributed by atoms with Gasteiger partial charge < -0.3 is 14.4 Å². The number of nitrogens with zero attached hydrogens (tertiary/aromatic N) is 2. The van der Waals surface area contributed by atoms with Crippen molar-refractivity contribution in [2.75, 3.05) is 19.8 Å². The van der Waals surface area contributed by atoms with Gasteiger partial charge in [0, 0.05) is 24.0 Å². The number of nitrogens with one attached hydrogen (secondary N) is 2. The largest absolute Gasteiger partial charge is 0.511 e. The SMILES string of the molecule is O=C1COc2cc3[nH]ncc3cc2C2CCC(CC2)OC[C@H]2C(NS(=O)(=O)C(F)(F)F)CCN12. The van der Waals surface area contributed by atoms with E-state index in [9.17, 15) is 26.4 Å². The molecule has 2 N–H and O–H groups in total. The molecule has 1 saturated heterocycles. The minimum atomic E-state index is -5.56. The number of carbonyl (C=O) groups is 1. The van der Waals surface area contributed by atoms with Crippen molar-refractivity contribution in [1.82, 2.24) is 19.8 Å². The molecule has 1 aliphatic carbocycles. The molecule has 0 radical (unpaired) electrons. The van der Waals surface area contributed by atoms with Crippen LogP contribution in [0.25, 0.3) is 10.9 Å². The molecule has 1 aromatic heterocycles. The van der Waals surface area contributed by atoms with Crippen molar-refractivity contribution in [2.45, 2.75) is 61.7 Å². The highest BCUT2D eigenvalue weighted by atomic mass is 32.2. The summed E-state index contributed by atoms with van der Waals surface area (Å²) in [5, 5.41) is 7.90. The van der Waals surface area contributed by atoms with Crippen LogP contribution >= 0.6 is 0 Å². The average molecular weight is 503 g/mol. The molecule has 1 amide bonds. The van der Waals surface area contributed by atoms with Crippen LogP contribution in [0.5, 0.6) is 5.75 Å². The maximum Gasteiger partial charge on any atom is 0.511 e. The lowest BCUT2D eigenvalue weighted by molar-refractivity contribution is -0.136. The first-order valence-corrected chi connectivity index (χ1v) is 12.7. The van der Waals surface area contributed by atoms with E-state index < -0.39 is 33.5 Å². The second-order valence-corrected chi connectivity index (χ2v) is 10.8. The molecule has 4 heterocycles. The van der Waals surface area contributed by atoms with Crippen LogP contribution in [0, 0.1) is 0 Å². The van der Waals surface area contributed by atoms with E-state index in [1.54, 1.807) is 10.9 Å². The third kappa shape index (κ3) is 4.36. The smallest absolute Gasteiger partial charge is 0.483 e. The van der Waals surface area contributed by atoms with Gasteiger partial charge in [0.15, 0.2) is 6.61 Å². The Morgan fingerprint density at radius 3 is 2.65 bits per heavy atom. The summed E-state index contributed by atoms with van der Waals surface area (Å²) in [6, 6.07) is 1.87. The molecule has 6 rings (SSSR count). The number of fused-ring (bicyclic) bond motifs is 6. The summed E-state index contributed by atoms with van der Waals surface area (Å²) in [5.74, 6) is 0.347. The summed E-state index contributed by atoms with van der Waals surface area (Å²) in [6.45, 7) is -0.271. The number of benzene rings is 1. The Morgan fingerprint density at radius 2 is 1.91 bits per heavy atom. The molecule has 3 aliphatic heterocycles. The molecule has 2 atom stereocenters. The minimum absolute atomic E-state index is 0.0479. The Bertz CT molecular complexity index is 1180. The fourth-order valence-corrected chi connectivity index (χ4v) is 6.01. The number of alkyl halides is 3. The van der Waals surface area contributed by atoms with Crippen LogP contribution in [-0.2, 0) is 19.6 Å². The number of sulfonamides is 1. The lowest BCUT2D eigenvalue weighted by Gasteiger charge is -2.32. The molecule has 9 nitrogen and oxygen atoms in total. The van der Waals surface area contributed by atoms with Crippen LogP contribution in [0.3, 0.4) is 0 Å². The zero-order valence-electron chi connectivity index (χ0n) is 18.2. The maximum atomic E-state index is 13.0. The number of amides is 1. The van der Waals surface area contributed by atoms with E-state index in [1.165, 1.54) is 4.90 Å². The van der Waals surface area contributed by atoms with Crippen LogP contribution < -0.4 is 9.46 Å². The second-order valence-electron chi connectivity index (χ2n) is 9.06. The summed E-state index contributed by atoms with van der Waals surface area (Å²) < 4.78 is 76.0. The Hall–Kier alpha value is -2.38. The third-order valence-electron chi connectivity index (χ3n) is 7.02. The highest BCUT2D eigenvalue weighted by Gasteiger charge is 2.50. The first-order valence-electron chi connectivity index (χ1n) is 11.2. The van der Waals surface area contributed by atoms with Crippen molar-refractivity contribution in [3.63, 3.8) is 0 Å². The zero-order valence-corrected chi connectivity index (χ0v) is 19.0. The molecule has 2 aromatic rings. The van der Waals surface area contributed by atoms with Crippen LogP contribution in [0.15, 0.2) is 18.3 Å². The average Bonchev–Trinajstić information content (AvgIpc) is 3.40. The summed E-state index contributed by atoms with van der Waals surface area (Å²) in [4.78, 5) is 14.4. The Labute approximate surface area is 194 Å². The van der Waals surface area contributed by atoms with Gasteiger partial charge in [0.1, 0.15) is 5.75 Å². The van der Waals surface area contributed by atoms with E-state index in [1.807, 2.05) is 12.1 Å². The zero-order chi connectivity index (χ0) is 24.1. The van der Waals surface area contributed by atoms with Gasteiger partial charge in [-0.3, -0.25) is 9.89 Å². The number of halogens is 3. The molecule has 0 spiro atoms. The monoisotopic (exact) mass is 502 g/mol. The van der Waals surface area contributed by atoms with Crippen LogP contribution in [0.4, 0.5) is 13.2 Å². The molecule has 2 fully saturated rings. The molecule has 34 heavy (non-hydrogen) atoms. The number of hydrogen-bond donors (Lipinski definition) is 2. The van der Waals surface area contributed by atoms with E-state index in [0.29, 0.717) is 5.75 Å². The first kappa shape index (κ1) is 23.4. The molecule has 1 aromatic carbocycles. The lowest BCUT2D eigenvalue weighted by atomic mass is 9.82. The third-order valence-corrected chi connectivity index (χ3v) is 8.24. The van der Waals surface area contributed by atoms with Gasteiger partial charge in [-0.15, -0.1) is 0 Å². The molecule has 1 unspecified atom stereocenters. The minimum Gasteiger partial charge on any atom is -0.483 e. The molecule has 1 saturated carbocycles. The van der Waals surface area contributed by atoms with Gasteiger partial charge in [-0.05, 0) is 49.7 Å². The Kier molecular flexibility index (Phi) is 5.97. The van der Waals surface area contributed by atoms with Gasteiger partial charge in [-0.25, -0.2) is 13.1 Å². The van der Waals surface area contributed by atoms with Crippen LogP contribution in [-0.4, -0.2) is 72.9 Å². The van der Waals surface area contributed by atoms with E-state index in [-0.39, 0.29) is 38.2 Å². The van der Waals surface area contributed by atoms with E-state index in [0.717, 1.165) is 42.1 Å². The fourth-order valence-electron chi connectivity index (χ4n) is 5.20. The number of aromatic nitrogens is 2. The predicted octanol–water partition coefficient (Wildman–Crippen LogP) is 2.41. The molecule has 186 valence electrons. The predicted molar refractivity (Wildman–Crippen MR) is 115 cm³/mol. The Morgan fingerprint density at radius 1 is 1.15 bits per heavy atom. The van der Waals surface area contributed by atoms with Crippen molar-refractivity contribution in [1.29, 1.82) is 0 Å². The standard InChI is InChI=1S/C21H25F3N4O5S/c22-21(23,24)34(30,31)27-16-5-6-28-18(16)10-32-14-3-1-12(2-4-14)15-7-13-9-25-26-17(13)8-19(15)33-11-20(28)29/h7-9,12,14,16,18,27H,1-6,10-11H2,(H,25,26)/t12?,14?,16?,18-/m0/s1. The van der Waals surface area contributed by atoms with Crippen molar-refractivity contribution < 1.29 is 35.9 Å². The summed E-state index contributed by atoms with van der Waals surface area (Å²) in [7, 11) is -5.56.